The summed E-state index contributed by atoms with van der Waals surface area (Å²) in [5.41, 5.74) is 11.1. The lowest BCUT2D eigenvalue weighted by atomic mass is 9.83. The first-order chi connectivity index (χ1) is 24.2. The average molecular weight is 622 g/mol. The molecule has 9 rings (SSSR count). The summed E-state index contributed by atoms with van der Waals surface area (Å²) >= 11 is 0. The highest BCUT2D eigenvalue weighted by Gasteiger charge is 2.20. The van der Waals surface area contributed by atoms with E-state index in [0.29, 0.717) is 11.1 Å². The Labute approximate surface area is 283 Å². The van der Waals surface area contributed by atoms with Crippen molar-refractivity contribution in [2.24, 2.45) is 0 Å². The molecule has 0 amide bonds. The highest BCUT2D eigenvalue weighted by atomic mass is 15.0. The molecule has 9 aromatic rings. The molecule has 1 aromatic heterocycles. The lowest BCUT2D eigenvalue weighted by Gasteiger charge is -2.20. The van der Waals surface area contributed by atoms with Crippen molar-refractivity contribution in [3.8, 4) is 51.2 Å². The van der Waals surface area contributed by atoms with E-state index in [-0.39, 0.29) is 0 Å². The monoisotopic (exact) mass is 621 g/mol. The van der Waals surface area contributed by atoms with Crippen LogP contribution in [0.5, 0.6) is 0 Å². The first-order valence-corrected chi connectivity index (χ1v) is 16.3. The van der Waals surface area contributed by atoms with Crippen LogP contribution in [-0.2, 0) is 0 Å². The quantitative estimate of drug-likeness (QED) is 0.184. The molecule has 0 fully saturated rings. The molecule has 0 radical (unpaired) electrons. The van der Waals surface area contributed by atoms with Crippen LogP contribution < -0.4 is 0 Å². The van der Waals surface area contributed by atoms with Crippen LogP contribution in [0.4, 0.5) is 0 Å². The van der Waals surface area contributed by atoms with Crippen LogP contribution in [0, 0.1) is 22.7 Å². The van der Waals surface area contributed by atoms with Crippen LogP contribution in [0.15, 0.2) is 164 Å². The maximum Gasteiger partial charge on any atom is 0.0991 e. The Bertz CT molecular complexity index is 2770. The van der Waals surface area contributed by atoms with Crippen LogP contribution in [0.2, 0.25) is 0 Å². The smallest absolute Gasteiger partial charge is 0.0991 e. The maximum atomic E-state index is 10.1. The molecule has 3 nitrogen and oxygen atoms in total. The van der Waals surface area contributed by atoms with E-state index in [4.69, 9.17) is 0 Å². The van der Waals surface area contributed by atoms with Crippen molar-refractivity contribution < 1.29 is 0 Å². The molecule has 0 unspecified atom stereocenters. The van der Waals surface area contributed by atoms with Crippen LogP contribution in [0.1, 0.15) is 11.1 Å². The lowest BCUT2D eigenvalue weighted by Crippen LogP contribution is -1.95. The molecular weight excluding hydrogens is 595 g/mol. The number of nitriles is 2. The van der Waals surface area contributed by atoms with Gasteiger partial charge in [0.1, 0.15) is 0 Å². The molecule has 1 heterocycles. The zero-order valence-corrected chi connectivity index (χ0v) is 26.4. The number of fused-ring (bicyclic) bond motifs is 5. The first kappa shape index (κ1) is 28.3. The number of nitrogens with zero attached hydrogens (tertiary/aromatic N) is 3. The molecule has 0 atom stereocenters. The van der Waals surface area contributed by atoms with Crippen molar-refractivity contribution >= 4 is 43.4 Å². The fourth-order valence-electron chi connectivity index (χ4n) is 7.52. The second-order valence-corrected chi connectivity index (χ2v) is 12.3. The first-order valence-electron chi connectivity index (χ1n) is 16.3. The van der Waals surface area contributed by atoms with Crippen molar-refractivity contribution in [3.63, 3.8) is 0 Å². The molecule has 0 aliphatic rings. The highest BCUT2D eigenvalue weighted by Crippen LogP contribution is 2.46. The van der Waals surface area contributed by atoms with Crippen LogP contribution in [-0.4, -0.2) is 4.57 Å². The molecule has 0 N–H and O–H groups in total. The SMILES string of the molecule is N#Cc1ccc(-c2ccc(-n3c4ccccc4c4cc(C#N)ccc43)cc2)c(-c2c3ccccc3c(-c3ccccc3)c3ccccc23)c1. The molecule has 0 saturated heterocycles. The van der Waals surface area contributed by atoms with Crippen molar-refractivity contribution in [3.05, 3.63) is 175 Å². The van der Waals surface area contributed by atoms with Gasteiger partial charge in [-0.3, -0.25) is 0 Å². The van der Waals surface area contributed by atoms with Crippen molar-refractivity contribution in [2.45, 2.75) is 0 Å². The number of para-hydroxylation sites is 1. The highest BCUT2D eigenvalue weighted by molar-refractivity contribution is 6.22. The summed E-state index contributed by atoms with van der Waals surface area (Å²) < 4.78 is 2.26. The van der Waals surface area contributed by atoms with Gasteiger partial charge in [-0.25, -0.2) is 0 Å². The standard InChI is InChI=1S/C46H27N3/c47-28-30-18-24-35(32-20-22-34(23-21-32)49-43-17-9-8-12-36(43)41-26-31(29-48)19-25-44(41)49)42(27-30)46-39-15-6-4-13-37(39)45(33-10-2-1-3-11-33)38-14-5-7-16-40(38)46/h1-27H. The Kier molecular flexibility index (Phi) is 6.58. The maximum absolute atomic E-state index is 10.1. The topological polar surface area (TPSA) is 52.5 Å². The molecular formula is C46H27N3. The summed E-state index contributed by atoms with van der Waals surface area (Å²) in [5.74, 6) is 0. The number of hydrogen-bond donors (Lipinski definition) is 0. The van der Waals surface area contributed by atoms with Crippen LogP contribution >= 0.6 is 0 Å². The molecule has 49 heavy (non-hydrogen) atoms. The van der Waals surface area contributed by atoms with Crippen LogP contribution in [0.25, 0.3) is 82.4 Å². The van der Waals surface area contributed by atoms with Gasteiger partial charge in [0.05, 0.1) is 34.3 Å². The molecule has 226 valence electrons. The molecule has 3 heteroatoms. The summed E-state index contributed by atoms with van der Waals surface area (Å²) in [4.78, 5) is 0. The van der Waals surface area contributed by atoms with Crippen molar-refractivity contribution in [1.29, 1.82) is 10.5 Å². The van der Waals surface area contributed by atoms with E-state index in [1.807, 2.05) is 36.4 Å². The molecule has 0 aliphatic heterocycles. The number of aromatic nitrogens is 1. The van der Waals surface area contributed by atoms with E-state index in [9.17, 15) is 10.5 Å². The number of rotatable bonds is 4. The Morgan fingerprint density at radius 1 is 0.367 bits per heavy atom. The van der Waals surface area contributed by atoms with Gasteiger partial charge in [0.2, 0.25) is 0 Å². The van der Waals surface area contributed by atoms with Gasteiger partial charge < -0.3 is 4.57 Å². The molecule has 8 aromatic carbocycles. The van der Waals surface area contributed by atoms with Gasteiger partial charge in [-0.15, -0.1) is 0 Å². The molecule has 0 aliphatic carbocycles. The fourth-order valence-corrected chi connectivity index (χ4v) is 7.52. The van der Waals surface area contributed by atoms with Gasteiger partial charge in [0, 0.05) is 16.5 Å². The van der Waals surface area contributed by atoms with Gasteiger partial charge in [0.15, 0.2) is 0 Å². The van der Waals surface area contributed by atoms with E-state index in [1.54, 1.807) is 0 Å². The van der Waals surface area contributed by atoms with Gasteiger partial charge in [0.25, 0.3) is 0 Å². The van der Waals surface area contributed by atoms with Gasteiger partial charge in [-0.1, -0.05) is 115 Å². The second kappa shape index (κ2) is 11.4. The van der Waals surface area contributed by atoms with E-state index < -0.39 is 0 Å². The second-order valence-electron chi connectivity index (χ2n) is 12.3. The summed E-state index contributed by atoms with van der Waals surface area (Å²) in [7, 11) is 0. The third-order valence-corrected chi connectivity index (χ3v) is 9.65. The summed E-state index contributed by atoms with van der Waals surface area (Å²) in [5, 5.41) is 26.5. The predicted molar refractivity (Wildman–Crippen MR) is 202 cm³/mol. The van der Waals surface area contributed by atoms with Gasteiger partial charge in [-0.2, -0.15) is 10.5 Å². The summed E-state index contributed by atoms with van der Waals surface area (Å²) in [6, 6.07) is 61.5. The minimum Gasteiger partial charge on any atom is -0.309 e. The third-order valence-electron chi connectivity index (χ3n) is 9.65. The zero-order valence-electron chi connectivity index (χ0n) is 26.4. The lowest BCUT2D eigenvalue weighted by molar-refractivity contribution is 1.18. The third kappa shape index (κ3) is 4.49. The van der Waals surface area contributed by atoms with E-state index in [1.165, 1.54) is 21.9 Å². The molecule has 0 saturated carbocycles. The van der Waals surface area contributed by atoms with Gasteiger partial charge >= 0.3 is 0 Å². The molecule has 0 bridgehead atoms. The van der Waals surface area contributed by atoms with Crippen molar-refractivity contribution in [2.75, 3.05) is 0 Å². The Balaban J connectivity index is 1.27. The average Bonchev–Trinajstić information content (AvgIpc) is 3.50. The minimum atomic E-state index is 0.623. The predicted octanol–water partition coefficient (Wildman–Crippen LogP) is 11.8. The van der Waals surface area contributed by atoms with E-state index in [2.05, 4.69) is 144 Å². The normalized spacial score (nSPS) is 11.2. The molecule has 0 spiro atoms. The fraction of sp³-hybridized carbons (Fsp3) is 0. The number of hydrogen-bond acceptors (Lipinski definition) is 2. The Hall–Kier alpha value is -6.94. The minimum absolute atomic E-state index is 0.623. The zero-order chi connectivity index (χ0) is 32.9. The number of benzene rings is 8. The van der Waals surface area contributed by atoms with Crippen LogP contribution in [0.3, 0.4) is 0 Å². The van der Waals surface area contributed by atoms with E-state index in [0.717, 1.165) is 60.5 Å². The summed E-state index contributed by atoms with van der Waals surface area (Å²) in [6.07, 6.45) is 0. The Morgan fingerprint density at radius 2 is 0.898 bits per heavy atom. The van der Waals surface area contributed by atoms with E-state index >= 15 is 0 Å². The largest absolute Gasteiger partial charge is 0.309 e. The summed E-state index contributed by atoms with van der Waals surface area (Å²) in [6.45, 7) is 0. The Morgan fingerprint density at radius 3 is 1.55 bits per heavy atom. The van der Waals surface area contributed by atoms with Gasteiger partial charge in [-0.05, 0) is 103 Å². The van der Waals surface area contributed by atoms with Crippen molar-refractivity contribution in [1.82, 2.24) is 4.57 Å².